The molecule has 0 unspecified atom stereocenters. The number of amides is 3. The summed E-state index contributed by atoms with van der Waals surface area (Å²) in [5.74, 6) is 0.185. The number of hydrogen-bond donors (Lipinski definition) is 2. The summed E-state index contributed by atoms with van der Waals surface area (Å²) in [5, 5.41) is 0. The molecule has 4 N–H and O–H groups in total. The van der Waals surface area contributed by atoms with Crippen LogP contribution in [0.4, 0.5) is 9.59 Å². The number of ether oxygens (including phenoxy) is 1. The molecule has 0 aromatic carbocycles. The number of hydrogen-bond acceptors (Lipinski definition) is 3. The average Bonchev–Trinajstić information content (AvgIpc) is 1.82. The van der Waals surface area contributed by atoms with E-state index < -0.39 is 12.1 Å². The van der Waals surface area contributed by atoms with Crippen LogP contribution in [0.2, 0.25) is 0 Å². The fourth-order valence-corrected chi connectivity index (χ4v) is 1.06. The van der Waals surface area contributed by atoms with E-state index in [9.17, 15) is 9.59 Å². The van der Waals surface area contributed by atoms with Gasteiger partial charge in [-0.2, -0.15) is 0 Å². The maximum Gasteiger partial charge on any atom is 0.404 e. The highest BCUT2D eigenvalue weighted by Gasteiger charge is 2.29. The van der Waals surface area contributed by atoms with E-state index in [0.29, 0.717) is 13.1 Å². The third-order valence-electron chi connectivity index (χ3n) is 1.73. The minimum absolute atomic E-state index is 0.185. The van der Waals surface area contributed by atoms with Crippen molar-refractivity contribution in [1.29, 1.82) is 0 Å². The molecule has 0 atom stereocenters. The third-order valence-corrected chi connectivity index (χ3v) is 1.73. The van der Waals surface area contributed by atoms with E-state index in [1.165, 1.54) is 4.90 Å². The Morgan fingerprint density at radius 2 is 2.00 bits per heavy atom. The summed E-state index contributed by atoms with van der Waals surface area (Å²) in [6, 6.07) is -0.440. The second-order valence-electron chi connectivity index (χ2n) is 2.74. The monoisotopic (exact) mass is 173 g/mol. The van der Waals surface area contributed by atoms with Crippen LogP contribution in [0.5, 0.6) is 0 Å². The molecular formula is C6H11N3O3. The lowest BCUT2D eigenvalue weighted by molar-refractivity contribution is 0.0666. The molecule has 1 aliphatic heterocycles. The maximum absolute atomic E-state index is 10.5. The summed E-state index contributed by atoms with van der Waals surface area (Å²) in [4.78, 5) is 22.1. The highest BCUT2D eigenvalue weighted by molar-refractivity contribution is 5.72. The third kappa shape index (κ3) is 2.01. The summed E-state index contributed by atoms with van der Waals surface area (Å²) in [6.07, 6.45) is -0.785. The van der Waals surface area contributed by atoms with Crippen molar-refractivity contribution < 1.29 is 14.3 Å². The lowest BCUT2D eigenvalue weighted by Gasteiger charge is -2.37. The molecule has 1 heterocycles. The van der Waals surface area contributed by atoms with Gasteiger partial charge in [0.2, 0.25) is 0 Å². The van der Waals surface area contributed by atoms with Gasteiger partial charge in [0.1, 0.15) is 0 Å². The molecule has 1 aliphatic rings. The zero-order valence-corrected chi connectivity index (χ0v) is 6.53. The normalized spacial score (nSPS) is 16.8. The first kappa shape index (κ1) is 8.63. The highest BCUT2D eigenvalue weighted by Crippen LogP contribution is 2.14. The summed E-state index contributed by atoms with van der Waals surface area (Å²) >= 11 is 0. The van der Waals surface area contributed by atoms with Gasteiger partial charge in [-0.05, 0) is 0 Å². The van der Waals surface area contributed by atoms with Crippen molar-refractivity contribution in [3.05, 3.63) is 0 Å². The van der Waals surface area contributed by atoms with Crippen molar-refractivity contribution in [2.45, 2.75) is 0 Å². The Labute approximate surface area is 69.4 Å². The van der Waals surface area contributed by atoms with Crippen molar-refractivity contribution in [2.75, 3.05) is 19.7 Å². The average molecular weight is 173 g/mol. The van der Waals surface area contributed by atoms with Crippen molar-refractivity contribution >= 4 is 12.1 Å². The van der Waals surface area contributed by atoms with Gasteiger partial charge in [0.25, 0.3) is 0 Å². The quantitative estimate of drug-likeness (QED) is 0.565. The van der Waals surface area contributed by atoms with E-state index >= 15 is 0 Å². The number of carbonyl (C=O) groups is 2. The van der Waals surface area contributed by atoms with Crippen molar-refractivity contribution in [3.63, 3.8) is 0 Å². The molecule has 0 bridgehead atoms. The van der Waals surface area contributed by atoms with Gasteiger partial charge >= 0.3 is 12.1 Å². The second kappa shape index (κ2) is 3.29. The smallest absolute Gasteiger partial charge is 0.404 e. The van der Waals surface area contributed by atoms with Crippen LogP contribution < -0.4 is 11.5 Å². The Morgan fingerprint density at radius 1 is 1.42 bits per heavy atom. The molecule has 6 nitrogen and oxygen atoms in total. The Balaban J connectivity index is 2.10. The number of nitrogens with zero attached hydrogens (tertiary/aromatic N) is 1. The minimum Gasteiger partial charge on any atom is -0.449 e. The van der Waals surface area contributed by atoms with Crippen molar-refractivity contribution in [3.8, 4) is 0 Å². The first-order valence-electron chi connectivity index (χ1n) is 3.56. The molecule has 0 spiro atoms. The first-order chi connectivity index (χ1) is 5.59. The lowest BCUT2D eigenvalue weighted by Crippen LogP contribution is -2.53. The van der Waals surface area contributed by atoms with Crippen LogP contribution >= 0.6 is 0 Å². The molecule has 6 heteroatoms. The molecule has 1 rings (SSSR count). The van der Waals surface area contributed by atoms with Crippen molar-refractivity contribution in [1.82, 2.24) is 4.90 Å². The van der Waals surface area contributed by atoms with Gasteiger partial charge in [-0.3, -0.25) is 0 Å². The summed E-state index contributed by atoms with van der Waals surface area (Å²) in [5.41, 5.74) is 9.72. The second-order valence-corrected chi connectivity index (χ2v) is 2.74. The Bertz CT molecular complexity index is 197. The van der Waals surface area contributed by atoms with Gasteiger partial charge in [-0.25, -0.2) is 9.59 Å². The van der Waals surface area contributed by atoms with Crippen LogP contribution in [0, 0.1) is 5.92 Å². The largest absolute Gasteiger partial charge is 0.449 e. The molecule has 3 amide bonds. The number of carbonyl (C=O) groups excluding carboxylic acids is 2. The van der Waals surface area contributed by atoms with Gasteiger partial charge in [-0.1, -0.05) is 0 Å². The highest BCUT2D eigenvalue weighted by atomic mass is 16.5. The zero-order valence-electron chi connectivity index (χ0n) is 6.53. The van der Waals surface area contributed by atoms with Gasteiger partial charge < -0.3 is 21.1 Å². The molecule has 12 heavy (non-hydrogen) atoms. The van der Waals surface area contributed by atoms with E-state index in [-0.39, 0.29) is 12.5 Å². The predicted molar refractivity (Wildman–Crippen MR) is 40.2 cm³/mol. The SMILES string of the molecule is NC(=O)OCC1CN(C(N)=O)C1. The fourth-order valence-electron chi connectivity index (χ4n) is 1.06. The first-order valence-corrected chi connectivity index (χ1v) is 3.56. The Hall–Kier alpha value is -1.46. The van der Waals surface area contributed by atoms with Crippen LogP contribution in [0.25, 0.3) is 0 Å². The van der Waals surface area contributed by atoms with Crippen LogP contribution in [0.3, 0.4) is 0 Å². The van der Waals surface area contributed by atoms with E-state index in [1.54, 1.807) is 0 Å². The molecule has 1 saturated heterocycles. The summed E-state index contributed by atoms with van der Waals surface area (Å²) < 4.78 is 4.53. The summed E-state index contributed by atoms with van der Waals surface area (Å²) in [6.45, 7) is 1.35. The molecule has 0 aromatic rings. The van der Waals surface area contributed by atoms with Crippen LogP contribution in [-0.4, -0.2) is 36.7 Å². The minimum atomic E-state index is -0.785. The van der Waals surface area contributed by atoms with Gasteiger partial charge in [0.15, 0.2) is 0 Å². The Kier molecular flexibility index (Phi) is 2.37. The number of primary amides is 2. The zero-order chi connectivity index (χ0) is 9.14. The molecule has 1 fully saturated rings. The number of urea groups is 1. The molecular weight excluding hydrogens is 162 g/mol. The predicted octanol–water partition coefficient (Wildman–Crippen LogP) is -0.908. The standard InChI is InChI=1S/C6H11N3O3/c7-5(10)9-1-4(2-9)3-12-6(8)11/h4H,1-3H2,(H2,7,10)(H2,8,11). The van der Waals surface area contributed by atoms with E-state index in [4.69, 9.17) is 11.5 Å². The van der Waals surface area contributed by atoms with Gasteiger partial charge in [0.05, 0.1) is 6.61 Å². The number of nitrogens with two attached hydrogens (primary N) is 2. The topological polar surface area (TPSA) is 98.7 Å². The fraction of sp³-hybridized carbons (Fsp3) is 0.667. The van der Waals surface area contributed by atoms with Crippen LogP contribution in [0.15, 0.2) is 0 Å². The molecule has 0 radical (unpaired) electrons. The molecule has 0 aromatic heterocycles. The summed E-state index contributed by atoms with van der Waals surface area (Å²) in [7, 11) is 0. The van der Waals surface area contributed by atoms with Crippen LogP contribution in [-0.2, 0) is 4.74 Å². The van der Waals surface area contributed by atoms with E-state index in [1.807, 2.05) is 0 Å². The van der Waals surface area contributed by atoms with Crippen molar-refractivity contribution in [2.24, 2.45) is 17.4 Å². The van der Waals surface area contributed by atoms with Gasteiger partial charge in [-0.15, -0.1) is 0 Å². The number of likely N-dealkylation sites (tertiary alicyclic amines) is 1. The van der Waals surface area contributed by atoms with E-state index in [0.717, 1.165) is 0 Å². The number of rotatable bonds is 2. The maximum atomic E-state index is 10.5. The molecule has 0 saturated carbocycles. The van der Waals surface area contributed by atoms with Gasteiger partial charge in [0, 0.05) is 19.0 Å². The Morgan fingerprint density at radius 3 is 2.42 bits per heavy atom. The molecule has 68 valence electrons. The van der Waals surface area contributed by atoms with E-state index in [2.05, 4.69) is 4.74 Å². The van der Waals surface area contributed by atoms with Crippen LogP contribution in [0.1, 0.15) is 0 Å². The molecule has 0 aliphatic carbocycles. The lowest BCUT2D eigenvalue weighted by atomic mass is 10.0.